The normalized spacial score (nSPS) is 12.1. The van der Waals surface area contributed by atoms with Gasteiger partial charge in [-0.2, -0.15) is 0 Å². The smallest absolute Gasteiger partial charge is 0.354 e. The van der Waals surface area contributed by atoms with Gasteiger partial charge in [0.15, 0.2) is 0 Å². The second-order valence-electron chi connectivity index (χ2n) is 6.51. The third-order valence-corrected chi connectivity index (χ3v) is 3.71. The van der Waals surface area contributed by atoms with E-state index in [0.29, 0.717) is 11.3 Å². The first-order valence-electron chi connectivity index (χ1n) is 7.55. The van der Waals surface area contributed by atoms with Crippen molar-refractivity contribution in [3.8, 4) is 0 Å². The minimum absolute atomic E-state index is 0.000499. The number of esters is 1. The van der Waals surface area contributed by atoms with E-state index in [9.17, 15) is 14.7 Å². The van der Waals surface area contributed by atoms with Crippen molar-refractivity contribution in [3.63, 3.8) is 0 Å². The summed E-state index contributed by atoms with van der Waals surface area (Å²) in [5, 5.41) is 9.51. The zero-order valence-corrected chi connectivity index (χ0v) is 14.2. The molecule has 24 heavy (non-hydrogen) atoms. The van der Waals surface area contributed by atoms with Crippen LogP contribution >= 0.6 is 0 Å². The third kappa shape index (κ3) is 3.93. The van der Waals surface area contributed by atoms with Crippen molar-refractivity contribution in [1.82, 2.24) is 4.98 Å². The number of ether oxygens (including phenoxy) is 1. The Morgan fingerprint density at radius 3 is 2.21 bits per heavy atom. The number of carbonyl (C=O) groups excluding carboxylic acids is 1. The summed E-state index contributed by atoms with van der Waals surface area (Å²) in [6, 6.07) is 10.6. The van der Waals surface area contributed by atoms with Crippen molar-refractivity contribution < 1.29 is 19.4 Å². The van der Waals surface area contributed by atoms with E-state index in [1.807, 2.05) is 12.1 Å². The topological polar surface area (TPSA) is 79.4 Å². The Morgan fingerprint density at radius 2 is 1.71 bits per heavy atom. The average Bonchev–Trinajstić information content (AvgIpc) is 2.99. The number of hydrogen-bond acceptors (Lipinski definition) is 3. The van der Waals surface area contributed by atoms with Gasteiger partial charge in [-0.1, -0.05) is 45.0 Å². The van der Waals surface area contributed by atoms with E-state index in [4.69, 9.17) is 0 Å². The lowest BCUT2D eigenvalue weighted by Crippen LogP contribution is -2.11. The maximum atomic E-state index is 11.6. The lowest BCUT2D eigenvalue weighted by atomic mass is 9.86. The molecule has 2 aromatic rings. The highest BCUT2D eigenvalue weighted by molar-refractivity contribution is 6.20. The molecule has 1 aromatic carbocycles. The third-order valence-electron chi connectivity index (χ3n) is 3.71. The number of H-pyrrole nitrogens is 1. The van der Waals surface area contributed by atoms with Crippen molar-refractivity contribution >= 4 is 23.6 Å². The molecule has 0 fully saturated rings. The molecule has 0 radical (unpaired) electrons. The fourth-order valence-electron chi connectivity index (χ4n) is 2.30. The molecule has 126 valence electrons. The van der Waals surface area contributed by atoms with Crippen molar-refractivity contribution in [1.29, 1.82) is 0 Å². The van der Waals surface area contributed by atoms with Crippen LogP contribution in [0.4, 0.5) is 0 Å². The SMILES string of the molecule is COC(=O)c1ccc(/C=C(/C(=O)O)c2ccc(C(C)(C)C)cc2)[nH]1. The molecular formula is C19H21NO4. The Labute approximate surface area is 141 Å². The lowest BCUT2D eigenvalue weighted by molar-refractivity contribution is -0.130. The molecule has 2 N–H and O–H groups in total. The predicted molar refractivity (Wildman–Crippen MR) is 92.8 cm³/mol. The molecule has 5 heteroatoms. The first-order chi connectivity index (χ1) is 11.2. The summed E-state index contributed by atoms with van der Waals surface area (Å²) >= 11 is 0. The Balaban J connectivity index is 2.37. The van der Waals surface area contributed by atoms with Gasteiger partial charge in [-0.3, -0.25) is 0 Å². The number of carboxylic acid groups (broad SMARTS) is 1. The number of nitrogens with one attached hydrogen (secondary N) is 1. The van der Waals surface area contributed by atoms with E-state index in [0.717, 1.165) is 5.56 Å². The molecule has 0 bridgehead atoms. The summed E-state index contributed by atoms with van der Waals surface area (Å²) < 4.78 is 4.62. The van der Waals surface area contributed by atoms with Crippen LogP contribution in [0.2, 0.25) is 0 Å². The highest BCUT2D eigenvalue weighted by atomic mass is 16.5. The van der Waals surface area contributed by atoms with Crippen LogP contribution in [-0.4, -0.2) is 29.1 Å². The fraction of sp³-hybridized carbons (Fsp3) is 0.263. The number of aromatic nitrogens is 1. The molecular weight excluding hydrogens is 306 g/mol. The van der Waals surface area contributed by atoms with Gasteiger partial charge in [0.05, 0.1) is 12.7 Å². The molecule has 1 heterocycles. The first-order valence-corrected chi connectivity index (χ1v) is 7.55. The molecule has 0 atom stereocenters. The van der Waals surface area contributed by atoms with Crippen LogP contribution in [-0.2, 0) is 14.9 Å². The van der Waals surface area contributed by atoms with E-state index in [1.165, 1.54) is 13.2 Å². The summed E-state index contributed by atoms with van der Waals surface area (Å²) in [6.07, 6.45) is 1.50. The number of rotatable bonds is 4. The van der Waals surface area contributed by atoms with Crippen molar-refractivity contribution in [2.75, 3.05) is 7.11 Å². The minimum Gasteiger partial charge on any atom is -0.478 e. The highest BCUT2D eigenvalue weighted by Crippen LogP contribution is 2.25. The van der Waals surface area contributed by atoms with E-state index in [2.05, 4.69) is 30.5 Å². The van der Waals surface area contributed by atoms with Crippen LogP contribution in [0.1, 0.15) is 48.1 Å². The molecule has 0 unspecified atom stereocenters. The number of hydrogen-bond donors (Lipinski definition) is 2. The van der Waals surface area contributed by atoms with Gasteiger partial charge in [0.25, 0.3) is 0 Å². The van der Waals surface area contributed by atoms with Gasteiger partial charge in [-0.25, -0.2) is 9.59 Å². The van der Waals surface area contributed by atoms with Crippen molar-refractivity contribution in [2.24, 2.45) is 0 Å². The zero-order chi connectivity index (χ0) is 17.9. The Kier molecular flexibility index (Phi) is 4.93. The lowest BCUT2D eigenvalue weighted by Gasteiger charge is -2.19. The molecule has 0 aliphatic heterocycles. The number of methoxy groups -OCH3 is 1. The van der Waals surface area contributed by atoms with Crippen LogP contribution in [0.15, 0.2) is 36.4 Å². The largest absolute Gasteiger partial charge is 0.478 e. The molecule has 0 aliphatic carbocycles. The van der Waals surface area contributed by atoms with E-state index in [-0.39, 0.29) is 16.7 Å². The monoisotopic (exact) mass is 327 g/mol. The second kappa shape index (κ2) is 6.74. The Morgan fingerprint density at radius 1 is 1.08 bits per heavy atom. The van der Waals surface area contributed by atoms with E-state index < -0.39 is 11.9 Å². The van der Waals surface area contributed by atoms with Gasteiger partial charge < -0.3 is 14.8 Å². The second-order valence-corrected chi connectivity index (χ2v) is 6.51. The average molecular weight is 327 g/mol. The number of carbonyl (C=O) groups is 2. The Hall–Kier alpha value is -2.82. The molecule has 0 saturated heterocycles. The molecule has 0 amide bonds. The predicted octanol–water partition coefficient (Wildman–Crippen LogP) is 3.72. The van der Waals surface area contributed by atoms with Gasteiger partial charge in [-0.05, 0) is 34.8 Å². The van der Waals surface area contributed by atoms with Crippen LogP contribution in [0.5, 0.6) is 0 Å². The molecule has 5 nitrogen and oxygen atoms in total. The summed E-state index contributed by atoms with van der Waals surface area (Å²) in [5.41, 5.74) is 2.67. The number of aromatic amines is 1. The highest BCUT2D eigenvalue weighted by Gasteiger charge is 2.16. The molecule has 0 spiro atoms. The zero-order valence-electron chi connectivity index (χ0n) is 14.2. The van der Waals surface area contributed by atoms with Gasteiger partial charge in [0.1, 0.15) is 5.69 Å². The summed E-state index contributed by atoms with van der Waals surface area (Å²) in [7, 11) is 1.29. The van der Waals surface area contributed by atoms with Gasteiger partial charge in [-0.15, -0.1) is 0 Å². The Bertz CT molecular complexity index is 776. The maximum Gasteiger partial charge on any atom is 0.354 e. The van der Waals surface area contributed by atoms with E-state index in [1.54, 1.807) is 24.3 Å². The fourth-order valence-corrected chi connectivity index (χ4v) is 2.30. The van der Waals surface area contributed by atoms with Gasteiger partial charge in [0, 0.05) is 5.69 Å². The summed E-state index contributed by atoms with van der Waals surface area (Å²) in [6.45, 7) is 6.30. The number of aliphatic carboxylic acids is 1. The van der Waals surface area contributed by atoms with Crippen molar-refractivity contribution in [2.45, 2.75) is 26.2 Å². The van der Waals surface area contributed by atoms with Crippen LogP contribution in [0.3, 0.4) is 0 Å². The number of carboxylic acids is 1. The van der Waals surface area contributed by atoms with Gasteiger partial charge in [0.2, 0.25) is 0 Å². The van der Waals surface area contributed by atoms with Crippen LogP contribution < -0.4 is 0 Å². The van der Waals surface area contributed by atoms with Crippen molar-refractivity contribution in [3.05, 3.63) is 58.9 Å². The molecule has 0 saturated carbocycles. The molecule has 2 rings (SSSR count). The molecule has 1 aromatic heterocycles. The maximum absolute atomic E-state index is 11.6. The van der Waals surface area contributed by atoms with Gasteiger partial charge >= 0.3 is 11.9 Å². The quantitative estimate of drug-likeness (QED) is 0.662. The van der Waals surface area contributed by atoms with Crippen LogP contribution in [0, 0.1) is 0 Å². The summed E-state index contributed by atoms with van der Waals surface area (Å²) in [4.78, 5) is 25.9. The summed E-state index contributed by atoms with van der Waals surface area (Å²) in [5.74, 6) is -1.53. The molecule has 0 aliphatic rings. The van der Waals surface area contributed by atoms with E-state index >= 15 is 0 Å². The first kappa shape index (κ1) is 17.5. The number of benzene rings is 1. The van der Waals surface area contributed by atoms with Crippen LogP contribution in [0.25, 0.3) is 11.6 Å². The minimum atomic E-state index is -1.03. The standard InChI is InChI=1S/C19H21NO4/c1-19(2,3)13-7-5-12(6-8-13)15(17(21)22)11-14-9-10-16(20-14)18(23)24-4/h5-11,20H,1-4H3,(H,21,22)/b15-11+.